The Labute approximate surface area is 151 Å². The summed E-state index contributed by atoms with van der Waals surface area (Å²) in [4.78, 5) is 17.0. The number of aliphatic imine (C=N–C) groups is 1. The Morgan fingerprint density at radius 3 is 2.64 bits per heavy atom. The molecule has 2 aromatic carbocycles. The first-order valence-electron chi connectivity index (χ1n) is 8.29. The van der Waals surface area contributed by atoms with Gasteiger partial charge in [0.1, 0.15) is 5.82 Å². The van der Waals surface area contributed by atoms with Gasteiger partial charge in [-0.3, -0.25) is 4.79 Å². The van der Waals surface area contributed by atoms with E-state index in [-0.39, 0.29) is 11.7 Å². The van der Waals surface area contributed by atoms with E-state index < -0.39 is 0 Å². The van der Waals surface area contributed by atoms with Gasteiger partial charge in [-0.05, 0) is 54.4 Å². The second-order valence-electron chi connectivity index (χ2n) is 5.77. The Hall–Kier alpha value is -2.40. The molecule has 0 spiro atoms. The number of amidine groups is 1. The maximum atomic E-state index is 13.7. The summed E-state index contributed by atoms with van der Waals surface area (Å²) in [5, 5.41) is 3.23. The lowest BCUT2D eigenvalue weighted by Gasteiger charge is -2.01. The van der Waals surface area contributed by atoms with E-state index in [9.17, 15) is 9.18 Å². The molecule has 0 bridgehead atoms. The number of thioether (sulfide) groups is 1. The van der Waals surface area contributed by atoms with Crippen molar-refractivity contribution in [2.75, 3.05) is 0 Å². The number of rotatable bonds is 5. The maximum absolute atomic E-state index is 13.7. The highest BCUT2D eigenvalue weighted by atomic mass is 32.2. The number of halogens is 1. The zero-order valence-electron chi connectivity index (χ0n) is 14.0. The lowest BCUT2D eigenvalue weighted by atomic mass is 10.1. The topological polar surface area (TPSA) is 41.5 Å². The number of carbonyl (C=O) groups is 1. The Kier molecular flexibility index (Phi) is 5.66. The molecule has 128 valence electrons. The van der Waals surface area contributed by atoms with Crippen LogP contribution in [0.1, 0.15) is 30.9 Å². The van der Waals surface area contributed by atoms with Gasteiger partial charge in [0.25, 0.3) is 5.91 Å². The second-order valence-corrected chi connectivity index (χ2v) is 6.80. The van der Waals surface area contributed by atoms with E-state index >= 15 is 0 Å². The maximum Gasteiger partial charge on any atom is 0.264 e. The van der Waals surface area contributed by atoms with Crippen LogP contribution < -0.4 is 5.32 Å². The van der Waals surface area contributed by atoms with E-state index in [1.165, 1.54) is 36.2 Å². The number of unbranched alkanes of at least 4 members (excludes halogenated alkanes) is 1. The van der Waals surface area contributed by atoms with Crippen molar-refractivity contribution in [2.24, 2.45) is 4.99 Å². The van der Waals surface area contributed by atoms with Crippen molar-refractivity contribution in [2.45, 2.75) is 26.2 Å². The largest absolute Gasteiger partial charge is 0.300 e. The van der Waals surface area contributed by atoms with E-state index in [4.69, 9.17) is 0 Å². The zero-order chi connectivity index (χ0) is 17.6. The molecule has 0 atom stereocenters. The molecular weight excluding hydrogens is 335 g/mol. The van der Waals surface area contributed by atoms with Gasteiger partial charge in [0.05, 0.1) is 10.6 Å². The normalized spacial score (nSPS) is 17.3. The Morgan fingerprint density at radius 2 is 1.92 bits per heavy atom. The molecule has 1 aliphatic heterocycles. The molecule has 3 nitrogen and oxygen atoms in total. The van der Waals surface area contributed by atoms with Gasteiger partial charge >= 0.3 is 0 Å². The highest BCUT2D eigenvalue weighted by molar-refractivity contribution is 8.18. The number of amides is 1. The van der Waals surface area contributed by atoms with Crippen molar-refractivity contribution in [1.29, 1.82) is 0 Å². The van der Waals surface area contributed by atoms with Crippen molar-refractivity contribution in [3.8, 4) is 0 Å². The summed E-state index contributed by atoms with van der Waals surface area (Å²) in [6, 6.07) is 14.4. The fourth-order valence-electron chi connectivity index (χ4n) is 2.45. The molecule has 2 aromatic rings. The number of nitrogens with one attached hydrogen (secondary N) is 1. The van der Waals surface area contributed by atoms with Crippen LogP contribution >= 0.6 is 11.8 Å². The molecule has 0 aromatic heterocycles. The average Bonchev–Trinajstić information content (AvgIpc) is 2.95. The number of aryl methyl sites for hydroxylation is 1. The van der Waals surface area contributed by atoms with Crippen molar-refractivity contribution in [3.63, 3.8) is 0 Å². The SMILES string of the molecule is CCCCc1ccc(N=C2NC(=O)/C(=C/c3ccccc3F)S2)cc1. The van der Waals surface area contributed by atoms with Crippen LogP contribution in [0.3, 0.4) is 0 Å². The number of benzene rings is 2. The van der Waals surface area contributed by atoms with Gasteiger partial charge in [-0.2, -0.15) is 0 Å². The van der Waals surface area contributed by atoms with Crippen LogP contribution in [0.15, 0.2) is 58.4 Å². The monoisotopic (exact) mass is 354 g/mol. The van der Waals surface area contributed by atoms with E-state index in [1.54, 1.807) is 24.3 Å². The third-order valence-electron chi connectivity index (χ3n) is 3.83. The first-order valence-corrected chi connectivity index (χ1v) is 9.10. The highest BCUT2D eigenvalue weighted by Gasteiger charge is 2.24. The van der Waals surface area contributed by atoms with Crippen molar-refractivity contribution >= 4 is 34.6 Å². The molecule has 0 saturated carbocycles. The van der Waals surface area contributed by atoms with Gasteiger partial charge in [0, 0.05) is 5.56 Å². The molecule has 0 radical (unpaired) electrons. The Bertz CT molecular complexity index is 828. The molecular formula is C20H19FN2OS. The van der Waals surface area contributed by atoms with Gasteiger partial charge in [0.15, 0.2) is 5.17 Å². The summed E-state index contributed by atoms with van der Waals surface area (Å²) in [6.07, 6.45) is 4.95. The zero-order valence-corrected chi connectivity index (χ0v) is 14.8. The van der Waals surface area contributed by atoms with Crippen molar-refractivity contribution < 1.29 is 9.18 Å². The quantitative estimate of drug-likeness (QED) is 0.763. The van der Waals surface area contributed by atoms with Gasteiger partial charge in [-0.1, -0.05) is 43.7 Å². The number of hydrogen-bond acceptors (Lipinski definition) is 3. The van der Waals surface area contributed by atoms with Gasteiger partial charge in [-0.25, -0.2) is 9.38 Å². The first-order chi connectivity index (χ1) is 12.2. The lowest BCUT2D eigenvalue weighted by molar-refractivity contribution is -0.115. The fourth-order valence-corrected chi connectivity index (χ4v) is 3.28. The molecule has 25 heavy (non-hydrogen) atoms. The van der Waals surface area contributed by atoms with Crippen LogP contribution in [0.5, 0.6) is 0 Å². The minimum atomic E-state index is -0.351. The number of hydrogen-bond donors (Lipinski definition) is 1. The smallest absolute Gasteiger partial charge is 0.264 e. The predicted molar refractivity (Wildman–Crippen MR) is 102 cm³/mol. The van der Waals surface area contributed by atoms with Crippen LogP contribution in [0.2, 0.25) is 0 Å². The number of nitrogens with zero attached hydrogens (tertiary/aromatic N) is 1. The Balaban J connectivity index is 1.73. The summed E-state index contributed by atoms with van der Waals surface area (Å²) in [5.74, 6) is -0.608. The third kappa shape index (κ3) is 4.57. The van der Waals surface area contributed by atoms with Crippen molar-refractivity contribution in [1.82, 2.24) is 5.32 Å². The van der Waals surface area contributed by atoms with E-state index in [1.807, 2.05) is 12.1 Å². The van der Waals surface area contributed by atoms with Crippen LogP contribution in [0.4, 0.5) is 10.1 Å². The van der Waals surface area contributed by atoms with Crippen LogP contribution in [0, 0.1) is 5.82 Å². The summed E-state index contributed by atoms with van der Waals surface area (Å²) < 4.78 is 13.7. The lowest BCUT2D eigenvalue weighted by Crippen LogP contribution is -2.19. The van der Waals surface area contributed by atoms with Crippen LogP contribution in [-0.4, -0.2) is 11.1 Å². The van der Waals surface area contributed by atoms with Crippen LogP contribution in [0.25, 0.3) is 6.08 Å². The molecule has 1 saturated heterocycles. The molecule has 1 N–H and O–H groups in total. The minimum absolute atomic E-state index is 0.258. The van der Waals surface area contributed by atoms with E-state index in [2.05, 4.69) is 29.4 Å². The fraction of sp³-hybridized carbons (Fsp3) is 0.200. The molecule has 3 rings (SSSR count). The molecule has 0 unspecified atom stereocenters. The second kappa shape index (κ2) is 8.12. The third-order valence-corrected chi connectivity index (χ3v) is 4.74. The molecule has 1 amide bonds. The molecule has 1 fully saturated rings. The minimum Gasteiger partial charge on any atom is -0.300 e. The molecule has 0 aliphatic carbocycles. The summed E-state index contributed by atoms with van der Waals surface area (Å²) >= 11 is 1.22. The standard InChI is InChI=1S/C20H19FN2OS/c1-2-3-6-14-9-11-16(12-10-14)22-20-23-19(24)18(25-20)13-15-7-4-5-8-17(15)21/h4-5,7-13H,2-3,6H2,1H3,(H,22,23,24)/b18-13-. The predicted octanol–water partition coefficient (Wildman–Crippen LogP) is 5.06. The van der Waals surface area contributed by atoms with Crippen LogP contribution in [-0.2, 0) is 11.2 Å². The van der Waals surface area contributed by atoms with E-state index in [0.29, 0.717) is 15.6 Å². The first kappa shape index (κ1) is 17.4. The summed E-state index contributed by atoms with van der Waals surface area (Å²) in [5.41, 5.74) is 2.46. The Morgan fingerprint density at radius 1 is 1.16 bits per heavy atom. The molecule has 1 aliphatic rings. The molecule has 5 heteroatoms. The van der Waals surface area contributed by atoms with Gasteiger partial charge in [0.2, 0.25) is 0 Å². The number of carbonyl (C=O) groups excluding carboxylic acids is 1. The van der Waals surface area contributed by atoms with Gasteiger partial charge in [-0.15, -0.1) is 0 Å². The van der Waals surface area contributed by atoms with Crippen molar-refractivity contribution in [3.05, 3.63) is 70.4 Å². The molecule has 1 heterocycles. The summed E-state index contributed by atoms with van der Waals surface area (Å²) in [6.45, 7) is 2.17. The van der Waals surface area contributed by atoms with E-state index in [0.717, 1.165) is 12.1 Å². The summed E-state index contributed by atoms with van der Waals surface area (Å²) in [7, 11) is 0. The highest BCUT2D eigenvalue weighted by Crippen LogP contribution is 2.28. The average molecular weight is 354 g/mol. The van der Waals surface area contributed by atoms with Gasteiger partial charge < -0.3 is 5.32 Å².